The van der Waals surface area contributed by atoms with E-state index in [0.717, 1.165) is 36.0 Å². The first-order valence-electron chi connectivity index (χ1n) is 16.6. The van der Waals surface area contributed by atoms with Crippen molar-refractivity contribution in [2.45, 2.75) is 68.8 Å². The number of sulfonamides is 1. The number of ether oxygens (including phenoxy) is 1. The average Bonchev–Trinajstić information content (AvgIpc) is 3.02. The summed E-state index contributed by atoms with van der Waals surface area (Å²) >= 11 is 0. The van der Waals surface area contributed by atoms with Gasteiger partial charge in [-0.05, 0) is 99.5 Å². The standard InChI is InChI=1S/C35H40N6O5S/c1-21-5-3-6-22(2)31(21)29-15-30-37-33(36-29)39-47(44,45)28-8-4-7-26(14-28)32(42)41-10-9-40(19-27(41)20-46-30)34(43)38-35-16-23-11-24(17-35)13-25(12-23)18-35/h3-8,14-15,23-25,27H,9-13,16-20H2,1-2H3,(H,38,43)(H,36,37,39)/t23?,24?,25?,27-,35?/m1/s1. The quantitative estimate of drug-likeness (QED) is 0.407. The second-order valence-electron chi connectivity index (χ2n) is 14.4. The molecule has 2 N–H and O–H groups in total. The molecule has 2 aliphatic heterocycles. The lowest BCUT2D eigenvalue weighted by Crippen LogP contribution is -2.65. The van der Waals surface area contributed by atoms with Crippen molar-refractivity contribution in [3.63, 3.8) is 0 Å². The van der Waals surface area contributed by atoms with Crippen molar-refractivity contribution in [2.24, 2.45) is 17.8 Å². The minimum Gasteiger partial charge on any atom is -0.475 e. The number of nitrogens with one attached hydrogen (secondary N) is 2. The zero-order chi connectivity index (χ0) is 32.5. The zero-order valence-electron chi connectivity index (χ0n) is 26.7. The van der Waals surface area contributed by atoms with Crippen LogP contribution in [0.2, 0.25) is 0 Å². The number of hydrogen-bond acceptors (Lipinski definition) is 7. The molecular weight excluding hydrogens is 616 g/mol. The summed E-state index contributed by atoms with van der Waals surface area (Å²) in [6.45, 7) is 4.94. The van der Waals surface area contributed by atoms with Gasteiger partial charge in [0.15, 0.2) is 0 Å². The Labute approximate surface area is 275 Å². The maximum Gasteiger partial charge on any atom is 0.317 e. The molecule has 5 fully saturated rings. The van der Waals surface area contributed by atoms with Gasteiger partial charge in [0.25, 0.3) is 15.9 Å². The Bertz CT molecular complexity index is 1820. The number of carbonyl (C=O) groups is 2. The van der Waals surface area contributed by atoms with E-state index in [1.807, 2.05) is 36.9 Å². The van der Waals surface area contributed by atoms with Gasteiger partial charge in [-0.2, -0.15) is 4.98 Å². The molecule has 3 aromatic rings. The number of urea groups is 1. The van der Waals surface area contributed by atoms with Crippen LogP contribution in [-0.4, -0.2) is 77.9 Å². The number of nitrogens with zero attached hydrogens (tertiary/aromatic N) is 4. The first-order chi connectivity index (χ1) is 22.5. The fourth-order valence-corrected chi connectivity index (χ4v) is 10.2. The molecule has 0 unspecified atom stereocenters. The van der Waals surface area contributed by atoms with E-state index >= 15 is 0 Å². The molecule has 246 valence electrons. The van der Waals surface area contributed by atoms with E-state index in [1.54, 1.807) is 23.1 Å². The maximum atomic E-state index is 13.9. The average molecular weight is 657 g/mol. The Morgan fingerprint density at radius 1 is 0.957 bits per heavy atom. The van der Waals surface area contributed by atoms with E-state index in [0.29, 0.717) is 36.5 Å². The molecule has 11 nitrogen and oxygen atoms in total. The van der Waals surface area contributed by atoms with Gasteiger partial charge in [0.05, 0.1) is 16.6 Å². The Morgan fingerprint density at radius 2 is 1.64 bits per heavy atom. The highest BCUT2D eigenvalue weighted by atomic mass is 32.2. The van der Waals surface area contributed by atoms with Crippen molar-refractivity contribution in [1.82, 2.24) is 25.1 Å². The molecule has 0 spiro atoms. The molecule has 3 heterocycles. The summed E-state index contributed by atoms with van der Waals surface area (Å²) in [6, 6.07) is 13.0. The van der Waals surface area contributed by atoms with Gasteiger partial charge in [0, 0.05) is 42.4 Å². The second kappa shape index (κ2) is 11.2. The number of fused-ring (bicyclic) bond motifs is 5. The predicted molar refractivity (Wildman–Crippen MR) is 176 cm³/mol. The number of aromatic nitrogens is 2. The van der Waals surface area contributed by atoms with Crippen molar-refractivity contribution in [2.75, 3.05) is 31.0 Å². The number of hydrogen-bond donors (Lipinski definition) is 2. The molecule has 8 bridgehead atoms. The van der Waals surface area contributed by atoms with Crippen LogP contribution in [0.15, 0.2) is 53.4 Å². The monoisotopic (exact) mass is 656 g/mol. The molecule has 6 aliphatic rings. The van der Waals surface area contributed by atoms with E-state index in [4.69, 9.17) is 4.74 Å². The summed E-state index contributed by atoms with van der Waals surface area (Å²) in [6.07, 6.45) is 7.06. The van der Waals surface area contributed by atoms with Crippen LogP contribution >= 0.6 is 0 Å². The van der Waals surface area contributed by atoms with Gasteiger partial charge in [0.1, 0.15) is 6.61 Å². The Kier molecular flexibility index (Phi) is 7.19. The third-order valence-electron chi connectivity index (χ3n) is 10.9. The SMILES string of the molecule is Cc1cccc(C)c1-c1cc2nc(n1)NS(=O)(=O)c1cccc(c1)C(=O)N1CCN(C(=O)NC34CC5CC(CC(C5)C3)C4)C[C@@H]1CO2. The third kappa shape index (κ3) is 5.60. The second-order valence-corrected chi connectivity index (χ2v) is 16.0. The topological polar surface area (TPSA) is 134 Å². The maximum absolute atomic E-state index is 13.9. The van der Waals surface area contributed by atoms with Crippen LogP contribution in [0.25, 0.3) is 11.3 Å². The van der Waals surface area contributed by atoms with Gasteiger partial charge < -0.3 is 19.9 Å². The molecule has 4 aliphatic carbocycles. The summed E-state index contributed by atoms with van der Waals surface area (Å²) in [4.78, 5) is 40.2. The van der Waals surface area contributed by atoms with Gasteiger partial charge in [-0.1, -0.05) is 24.3 Å². The van der Waals surface area contributed by atoms with Crippen molar-refractivity contribution >= 4 is 27.9 Å². The molecule has 1 saturated heterocycles. The molecule has 1 aromatic heterocycles. The fourth-order valence-electron chi connectivity index (χ4n) is 9.23. The molecule has 47 heavy (non-hydrogen) atoms. The minimum atomic E-state index is -4.14. The lowest BCUT2D eigenvalue weighted by Gasteiger charge is -2.57. The van der Waals surface area contributed by atoms with Crippen molar-refractivity contribution < 1.29 is 22.7 Å². The molecular formula is C35H40N6O5S. The molecule has 0 radical (unpaired) electrons. The third-order valence-corrected chi connectivity index (χ3v) is 12.2. The van der Waals surface area contributed by atoms with E-state index in [2.05, 4.69) is 20.0 Å². The predicted octanol–water partition coefficient (Wildman–Crippen LogP) is 4.76. The van der Waals surface area contributed by atoms with Crippen molar-refractivity contribution in [3.8, 4) is 17.1 Å². The minimum absolute atomic E-state index is 0.0575. The van der Waals surface area contributed by atoms with Crippen molar-refractivity contribution in [1.29, 1.82) is 0 Å². The summed E-state index contributed by atoms with van der Waals surface area (Å²) in [7, 11) is -4.14. The number of rotatable bonds is 2. The number of piperazine rings is 1. The Hall–Kier alpha value is -4.19. The number of amides is 3. The molecule has 12 heteroatoms. The fraction of sp³-hybridized carbons (Fsp3) is 0.486. The number of benzene rings is 2. The summed E-state index contributed by atoms with van der Waals surface area (Å²) in [5.41, 5.74) is 3.43. The Morgan fingerprint density at radius 3 is 2.34 bits per heavy atom. The lowest BCUT2D eigenvalue weighted by molar-refractivity contribution is -0.0177. The normalized spacial score (nSPS) is 29.0. The van der Waals surface area contributed by atoms with E-state index in [1.165, 1.54) is 31.4 Å². The first-order valence-corrected chi connectivity index (χ1v) is 18.1. The Balaban J connectivity index is 1.12. The van der Waals surface area contributed by atoms with Crippen LogP contribution in [0.5, 0.6) is 5.88 Å². The van der Waals surface area contributed by atoms with Crippen LogP contribution in [0.4, 0.5) is 10.7 Å². The van der Waals surface area contributed by atoms with Crippen LogP contribution in [0.3, 0.4) is 0 Å². The van der Waals surface area contributed by atoms with Crippen molar-refractivity contribution in [3.05, 3.63) is 65.2 Å². The highest BCUT2D eigenvalue weighted by molar-refractivity contribution is 7.92. The van der Waals surface area contributed by atoms with Gasteiger partial charge in [-0.3, -0.25) is 4.79 Å². The first kappa shape index (κ1) is 30.2. The highest BCUT2D eigenvalue weighted by Gasteiger charge is 2.52. The van der Waals surface area contributed by atoms with Gasteiger partial charge in [-0.15, -0.1) is 0 Å². The molecule has 9 rings (SSSR count). The van der Waals surface area contributed by atoms with Gasteiger partial charge in [0.2, 0.25) is 11.8 Å². The zero-order valence-corrected chi connectivity index (χ0v) is 27.6. The number of anilines is 1. The summed E-state index contributed by atoms with van der Waals surface area (Å²) in [5.74, 6) is 1.85. The molecule has 3 amide bonds. The number of carbonyl (C=O) groups excluding carboxylic acids is 2. The molecule has 2 aromatic carbocycles. The highest BCUT2D eigenvalue weighted by Crippen LogP contribution is 2.55. The van der Waals surface area contributed by atoms with Gasteiger partial charge in [-0.25, -0.2) is 22.9 Å². The van der Waals surface area contributed by atoms with Crippen LogP contribution in [-0.2, 0) is 10.0 Å². The smallest absolute Gasteiger partial charge is 0.317 e. The number of aryl methyl sites for hydroxylation is 2. The summed E-state index contributed by atoms with van der Waals surface area (Å²) < 4.78 is 35.8. The van der Waals surface area contributed by atoms with Crippen LogP contribution < -0.4 is 14.8 Å². The largest absolute Gasteiger partial charge is 0.475 e. The van der Waals surface area contributed by atoms with E-state index in [9.17, 15) is 18.0 Å². The lowest BCUT2D eigenvalue weighted by atomic mass is 9.53. The summed E-state index contributed by atoms with van der Waals surface area (Å²) in [5, 5.41) is 3.48. The van der Waals surface area contributed by atoms with Crippen LogP contribution in [0, 0.1) is 31.6 Å². The molecule has 4 saturated carbocycles. The molecule has 1 atom stereocenters. The van der Waals surface area contributed by atoms with E-state index in [-0.39, 0.29) is 52.9 Å². The van der Waals surface area contributed by atoms with Crippen LogP contribution in [0.1, 0.15) is 60.0 Å². The van der Waals surface area contributed by atoms with Gasteiger partial charge >= 0.3 is 6.03 Å². The van der Waals surface area contributed by atoms with E-state index < -0.39 is 16.1 Å².